The van der Waals surface area contributed by atoms with E-state index >= 15 is 0 Å². The van der Waals surface area contributed by atoms with Gasteiger partial charge in [-0.15, -0.1) is 0 Å². The molecule has 0 heterocycles. The van der Waals surface area contributed by atoms with Crippen LogP contribution >= 0.6 is 0 Å². The van der Waals surface area contributed by atoms with E-state index in [2.05, 4.69) is 5.32 Å². The van der Waals surface area contributed by atoms with E-state index in [4.69, 9.17) is 9.47 Å². The number of rotatable bonds is 7. The summed E-state index contributed by atoms with van der Waals surface area (Å²) >= 11 is 0. The van der Waals surface area contributed by atoms with Crippen LogP contribution in [-0.2, 0) is 0 Å². The maximum atomic E-state index is 6.26. The Morgan fingerprint density at radius 3 is 2.50 bits per heavy atom. The molecule has 0 unspecified atom stereocenters. The van der Waals surface area contributed by atoms with Gasteiger partial charge in [-0.2, -0.15) is 0 Å². The van der Waals surface area contributed by atoms with Gasteiger partial charge in [-0.05, 0) is 58.3 Å². The molecule has 1 N–H and O–H groups in total. The Labute approximate surface area is 109 Å². The Balaban J connectivity index is 2.07. The predicted molar refractivity (Wildman–Crippen MR) is 73.4 cm³/mol. The van der Waals surface area contributed by atoms with Gasteiger partial charge in [-0.25, -0.2) is 0 Å². The average Bonchev–Trinajstić information content (AvgIpc) is 2.35. The summed E-state index contributed by atoms with van der Waals surface area (Å²) in [5.74, 6) is 1.74. The number of ether oxygens (including phenoxy) is 2. The minimum absolute atomic E-state index is 0.0240. The highest BCUT2D eigenvalue weighted by molar-refractivity contribution is 5.40. The van der Waals surface area contributed by atoms with Gasteiger partial charge in [-0.1, -0.05) is 12.1 Å². The lowest BCUT2D eigenvalue weighted by Gasteiger charge is -2.42. The van der Waals surface area contributed by atoms with Gasteiger partial charge in [0.2, 0.25) is 0 Å². The highest BCUT2D eigenvalue weighted by atomic mass is 16.5. The molecule has 0 atom stereocenters. The molecule has 3 nitrogen and oxygen atoms in total. The molecule has 1 saturated carbocycles. The van der Waals surface area contributed by atoms with Gasteiger partial charge in [0.15, 0.2) is 11.5 Å². The standard InChI is InChI=1S/C15H23NO2/c1-3-17-13-7-4-5-8-14(13)18-15(9-6-10-15)11-12-16-2/h4-5,7-8,16H,3,6,9-12H2,1-2H3. The molecule has 2 rings (SSSR count). The molecule has 1 aliphatic rings. The van der Waals surface area contributed by atoms with Crippen LogP contribution < -0.4 is 14.8 Å². The fourth-order valence-corrected chi connectivity index (χ4v) is 2.37. The van der Waals surface area contributed by atoms with Crippen LogP contribution in [0.4, 0.5) is 0 Å². The molecule has 1 fully saturated rings. The average molecular weight is 249 g/mol. The molecule has 0 aromatic heterocycles. The Bertz CT molecular complexity index is 375. The van der Waals surface area contributed by atoms with Crippen molar-refractivity contribution in [2.24, 2.45) is 0 Å². The Morgan fingerprint density at radius 1 is 1.22 bits per heavy atom. The summed E-state index contributed by atoms with van der Waals surface area (Å²) in [6.45, 7) is 3.66. The summed E-state index contributed by atoms with van der Waals surface area (Å²) in [6, 6.07) is 7.97. The van der Waals surface area contributed by atoms with Crippen molar-refractivity contribution in [3.05, 3.63) is 24.3 Å². The van der Waals surface area contributed by atoms with Crippen molar-refractivity contribution in [3.63, 3.8) is 0 Å². The molecule has 0 amide bonds. The number of hydrogen-bond acceptors (Lipinski definition) is 3. The third kappa shape index (κ3) is 2.96. The third-order valence-electron chi connectivity index (χ3n) is 3.57. The fourth-order valence-electron chi connectivity index (χ4n) is 2.37. The van der Waals surface area contributed by atoms with E-state index in [9.17, 15) is 0 Å². The quantitative estimate of drug-likeness (QED) is 0.806. The molecule has 0 radical (unpaired) electrons. The van der Waals surface area contributed by atoms with E-state index in [0.717, 1.165) is 37.3 Å². The maximum Gasteiger partial charge on any atom is 0.162 e. The second-order valence-electron chi connectivity index (χ2n) is 4.87. The smallest absolute Gasteiger partial charge is 0.162 e. The van der Waals surface area contributed by atoms with Crippen molar-refractivity contribution < 1.29 is 9.47 Å². The molecular formula is C15H23NO2. The van der Waals surface area contributed by atoms with Gasteiger partial charge in [0.1, 0.15) is 5.60 Å². The van der Waals surface area contributed by atoms with E-state index in [1.165, 1.54) is 6.42 Å². The first-order chi connectivity index (χ1) is 8.79. The van der Waals surface area contributed by atoms with Crippen LogP contribution in [0, 0.1) is 0 Å². The lowest BCUT2D eigenvalue weighted by Crippen LogP contribution is -2.45. The fraction of sp³-hybridized carbons (Fsp3) is 0.600. The van der Waals surface area contributed by atoms with Gasteiger partial charge in [0.25, 0.3) is 0 Å². The summed E-state index contributed by atoms with van der Waals surface area (Å²) in [5, 5.41) is 3.21. The minimum atomic E-state index is 0.0240. The minimum Gasteiger partial charge on any atom is -0.490 e. The molecule has 0 spiro atoms. The first-order valence-corrected chi connectivity index (χ1v) is 6.85. The monoisotopic (exact) mass is 249 g/mol. The van der Waals surface area contributed by atoms with Crippen molar-refractivity contribution >= 4 is 0 Å². The van der Waals surface area contributed by atoms with Crippen LogP contribution in [0.15, 0.2) is 24.3 Å². The topological polar surface area (TPSA) is 30.5 Å². The maximum absolute atomic E-state index is 6.26. The van der Waals surface area contributed by atoms with Gasteiger partial charge < -0.3 is 14.8 Å². The highest BCUT2D eigenvalue weighted by Crippen LogP contribution is 2.41. The normalized spacial score (nSPS) is 17.0. The van der Waals surface area contributed by atoms with Crippen molar-refractivity contribution in [1.82, 2.24) is 5.32 Å². The van der Waals surface area contributed by atoms with Crippen molar-refractivity contribution in [2.45, 2.75) is 38.2 Å². The molecule has 1 aromatic rings. The summed E-state index contributed by atoms with van der Waals surface area (Å²) in [4.78, 5) is 0. The van der Waals surface area contributed by atoms with Gasteiger partial charge in [-0.3, -0.25) is 0 Å². The molecule has 3 heteroatoms. The zero-order chi connectivity index (χ0) is 12.8. The van der Waals surface area contributed by atoms with E-state index in [1.54, 1.807) is 0 Å². The van der Waals surface area contributed by atoms with Crippen LogP contribution in [0.25, 0.3) is 0 Å². The summed E-state index contributed by atoms with van der Waals surface area (Å²) < 4.78 is 11.9. The van der Waals surface area contributed by atoms with Crippen molar-refractivity contribution in [3.8, 4) is 11.5 Å². The van der Waals surface area contributed by atoms with E-state index in [1.807, 2.05) is 38.2 Å². The summed E-state index contributed by atoms with van der Waals surface area (Å²) in [7, 11) is 1.99. The van der Waals surface area contributed by atoms with E-state index in [-0.39, 0.29) is 5.60 Å². The first kappa shape index (κ1) is 13.2. The Hall–Kier alpha value is -1.22. The van der Waals surface area contributed by atoms with Gasteiger partial charge in [0.05, 0.1) is 6.61 Å². The molecule has 0 bridgehead atoms. The summed E-state index contributed by atoms with van der Waals surface area (Å²) in [6.07, 6.45) is 4.62. The van der Waals surface area contributed by atoms with Crippen molar-refractivity contribution in [1.29, 1.82) is 0 Å². The first-order valence-electron chi connectivity index (χ1n) is 6.85. The Kier molecular flexibility index (Phi) is 4.48. The molecule has 0 aliphatic heterocycles. The second-order valence-corrected chi connectivity index (χ2v) is 4.87. The SMILES string of the molecule is CCOc1ccccc1OC1(CCNC)CCC1. The molecule has 0 saturated heterocycles. The van der Waals surface area contributed by atoms with Gasteiger partial charge in [0, 0.05) is 0 Å². The molecule has 100 valence electrons. The van der Waals surface area contributed by atoms with Crippen molar-refractivity contribution in [2.75, 3.05) is 20.2 Å². The van der Waals surface area contributed by atoms with Crippen LogP contribution in [0.3, 0.4) is 0 Å². The van der Waals surface area contributed by atoms with Crippen LogP contribution in [-0.4, -0.2) is 25.8 Å². The lowest BCUT2D eigenvalue weighted by molar-refractivity contribution is -0.0160. The van der Waals surface area contributed by atoms with Gasteiger partial charge >= 0.3 is 0 Å². The van der Waals surface area contributed by atoms with E-state index < -0.39 is 0 Å². The molecule has 1 aromatic carbocycles. The zero-order valence-electron chi connectivity index (χ0n) is 11.4. The predicted octanol–water partition coefficient (Wildman–Crippen LogP) is 3.00. The second kappa shape index (κ2) is 6.10. The number of benzene rings is 1. The molecular weight excluding hydrogens is 226 g/mol. The number of hydrogen-bond donors (Lipinski definition) is 1. The largest absolute Gasteiger partial charge is 0.490 e. The van der Waals surface area contributed by atoms with Crippen LogP contribution in [0.2, 0.25) is 0 Å². The van der Waals surface area contributed by atoms with E-state index in [0.29, 0.717) is 6.61 Å². The Morgan fingerprint density at radius 2 is 1.94 bits per heavy atom. The van der Waals surface area contributed by atoms with Crippen LogP contribution in [0.5, 0.6) is 11.5 Å². The lowest BCUT2D eigenvalue weighted by atomic mass is 9.77. The third-order valence-corrected chi connectivity index (χ3v) is 3.57. The molecule has 1 aliphatic carbocycles. The number of nitrogens with one attached hydrogen (secondary N) is 1. The summed E-state index contributed by atoms with van der Waals surface area (Å²) in [5.41, 5.74) is 0.0240. The highest BCUT2D eigenvalue weighted by Gasteiger charge is 2.39. The number of para-hydroxylation sites is 2. The van der Waals surface area contributed by atoms with Crippen LogP contribution in [0.1, 0.15) is 32.6 Å². The molecule has 18 heavy (non-hydrogen) atoms. The zero-order valence-corrected chi connectivity index (χ0v) is 11.4.